The number of ether oxygens (including phenoxy) is 1. The van der Waals surface area contributed by atoms with Crippen LogP contribution in [0.15, 0.2) is 12.1 Å². The van der Waals surface area contributed by atoms with Gasteiger partial charge in [-0.15, -0.1) is 0 Å². The van der Waals surface area contributed by atoms with Crippen LogP contribution in [0.5, 0.6) is 5.75 Å². The quantitative estimate of drug-likeness (QED) is 0.822. The van der Waals surface area contributed by atoms with Crippen molar-refractivity contribution in [2.24, 2.45) is 11.8 Å². The number of hydrogen-bond acceptors (Lipinski definition) is 2. The molecule has 1 fully saturated rings. The zero-order chi connectivity index (χ0) is 11.4. The van der Waals surface area contributed by atoms with Crippen molar-refractivity contribution in [2.75, 3.05) is 6.61 Å². The van der Waals surface area contributed by atoms with Crippen LogP contribution in [0.3, 0.4) is 0 Å². The molecule has 5 heteroatoms. The van der Waals surface area contributed by atoms with Gasteiger partial charge in [0.25, 0.3) is 0 Å². The summed E-state index contributed by atoms with van der Waals surface area (Å²) in [5.41, 5.74) is 0.519. The number of carboxylic acids is 1. The van der Waals surface area contributed by atoms with E-state index >= 15 is 0 Å². The standard InChI is InChI=1S/C11H8ClFO3/c12-5-1-2-6(13)10-9(5)7-4(3-16-10)8(7)11(14)15/h1-2,4,7-8H,3H2,(H,14,15)/t4-,7+,8?/m0/s1. The summed E-state index contributed by atoms with van der Waals surface area (Å²) in [6.07, 6.45) is 0. The number of halogens is 2. The molecule has 84 valence electrons. The lowest BCUT2D eigenvalue weighted by molar-refractivity contribution is -0.139. The second-order valence-electron chi connectivity index (χ2n) is 4.14. The fourth-order valence-electron chi connectivity index (χ4n) is 2.50. The SMILES string of the molecule is O=C(O)C1[C@H]2COc3c(F)ccc(Cl)c3[C@@H]12. The van der Waals surface area contributed by atoms with E-state index in [2.05, 4.69) is 0 Å². The zero-order valence-corrected chi connectivity index (χ0v) is 8.87. The van der Waals surface area contributed by atoms with Crippen molar-refractivity contribution in [1.29, 1.82) is 0 Å². The van der Waals surface area contributed by atoms with Gasteiger partial charge >= 0.3 is 5.97 Å². The van der Waals surface area contributed by atoms with E-state index in [1.165, 1.54) is 12.1 Å². The minimum Gasteiger partial charge on any atom is -0.490 e. The normalized spacial score (nSPS) is 30.0. The van der Waals surface area contributed by atoms with Crippen LogP contribution in [0, 0.1) is 17.7 Å². The highest BCUT2D eigenvalue weighted by Crippen LogP contribution is 2.61. The molecule has 1 aromatic rings. The largest absolute Gasteiger partial charge is 0.490 e. The van der Waals surface area contributed by atoms with Crippen LogP contribution in [0.1, 0.15) is 11.5 Å². The maximum atomic E-state index is 13.4. The Labute approximate surface area is 95.8 Å². The molecule has 3 rings (SSSR count). The van der Waals surface area contributed by atoms with Crippen molar-refractivity contribution in [3.8, 4) is 5.75 Å². The first-order chi connectivity index (χ1) is 7.61. The van der Waals surface area contributed by atoms with E-state index in [1.807, 2.05) is 0 Å². The maximum absolute atomic E-state index is 13.4. The van der Waals surface area contributed by atoms with E-state index in [1.54, 1.807) is 0 Å². The number of rotatable bonds is 1. The molecule has 1 aliphatic carbocycles. The van der Waals surface area contributed by atoms with E-state index < -0.39 is 17.7 Å². The first kappa shape index (κ1) is 9.90. The minimum atomic E-state index is -0.869. The lowest BCUT2D eigenvalue weighted by atomic mass is 10.0. The lowest BCUT2D eigenvalue weighted by Crippen LogP contribution is -2.10. The molecule has 0 bridgehead atoms. The van der Waals surface area contributed by atoms with Crippen LogP contribution in [0.2, 0.25) is 5.02 Å². The maximum Gasteiger partial charge on any atom is 0.307 e. The Balaban J connectivity index is 2.10. The fraction of sp³-hybridized carbons (Fsp3) is 0.364. The van der Waals surface area contributed by atoms with Gasteiger partial charge in [-0.1, -0.05) is 11.6 Å². The van der Waals surface area contributed by atoms with Crippen LogP contribution >= 0.6 is 11.6 Å². The smallest absolute Gasteiger partial charge is 0.307 e. The van der Waals surface area contributed by atoms with Crippen molar-refractivity contribution in [1.82, 2.24) is 0 Å². The Morgan fingerprint density at radius 3 is 3.00 bits per heavy atom. The predicted molar refractivity (Wildman–Crippen MR) is 54.3 cm³/mol. The molecule has 0 amide bonds. The number of fused-ring (bicyclic) bond motifs is 3. The fourth-order valence-corrected chi connectivity index (χ4v) is 2.77. The molecule has 3 nitrogen and oxygen atoms in total. The zero-order valence-electron chi connectivity index (χ0n) is 8.11. The van der Waals surface area contributed by atoms with Crippen LogP contribution < -0.4 is 4.74 Å². The summed E-state index contributed by atoms with van der Waals surface area (Å²) in [6.45, 7) is 0.256. The third kappa shape index (κ3) is 1.16. The summed E-state index contributed by atoms with van der Waals surface area (Å²) in [7, 11) is 0. The van der Waals surface area contributed by atoms with Crippen molar-refractivity contribution >= 4 is 17.6 Å². The van der Waals surface area contributed by atoms with Gasteiger partial charge < -0.3 is 9.84 Å². The number of benzene rings is 1. The molecule has 0 radical (unpaired) electrons. The Kier molecular flexibility index (Phi) is 1.92. The molecular weight excluding hydrogens is 235 g/mol. The van der Waals surface area contributed by atoms with Gasteiger partial charge in [-0.05, 0) is 12.1 Å². The summed E-state index contributed by atoms with van der Waals surface area (Å²) < 4.78 is 18.7. The van der Waals surface area contributed by atoms with Gasteiger partial charge in [0.2, 0.25) is 0 Å². The second kappa shape index (κ2) is 3.10. The molecule has 0 aromatic heterocycles. The van der Waals surface area contributed by atoms with Crippen molar-refractivity contribution < 1.29 is 19.0 Å². The molecule has 16 heavy (non-hydrogen) atoms. The summed E-state index contributed by atoms with van der Waals surface area (Å²) in [5.74, 6) is -1.97. The van der Waals surface area contributed by atoms with Gasteiger partial charge in [-0.2, -0.15) is 0 Å². The topological polar surface area (TPSA) is 46.5 Å². The van der Waals surface area contributed by atoms with E-state index in [9.17, 15) is 9.18 Å². The first-order valence-electron chi connectivity index (χ1n) is 4.94. The van der Waals surface area contributed by atoms with Crippen LogP contribution in [-0.4, -0.2) is 17.7 Å². The number of carboxylic acid groups (broad SMARTS) is 1. The van der Waals surface area contributed by atoms with E-state index in [-0.39, 0.29) is 24.2 Å². The van der Waals surface area contributed by atoms with Gasteiger partial charge in [0.1, 0.15) is 0 Å². The Morgan fingerprint density at radius 2 is 2.31 bits per heavy atom. The Hall–Kier alpha value is -1.29. The Bertz CT molecular complexity index is 488. The van der Waals surface area contributed by atoms with E-state index in [4.69, 9.17) is 21.4 Å². The predicted octanol–water partition coefficient (Wildman–Crippen LogP) is 2.29. The highest BCUT2D eigenvalue weighted by Gasteiger charge is 2.60. The third-order valence-corrected chi connectivity index (χ3v) is 3.63. The average Bonchev–Trinajstić information content (AvgIpc) is 2.97. The van der Waals surface area contributed by atoms with Crippen molar-refractivity contribution in [3.05, 3.63) is 28.5 Å². The average molecular weight is 243 g/mol. The number of carbonyl (C=O) groups is 1. The molecule has 2 aliphatic rings. The lowest BCUT2D eigenvalue weighted by Gasteiger charge is -2.17. The van der Waals surface area contributed by atoms with Gasteiger partial charge in [0.05, 0.1) is 12.5 Å². The molecule has 1 unspecified atom stereocenters. The summed E-state index contributed by atoms with van der Waals surface area (Å²) in [6, 6.07) is 2.68. The second-order valence-corrected chi connectivity index (χ2v) is 4.54. The molecule has 3 atom stereocenters. The first-order valence-corrected chi connectivity index (χ1v) is 5.32. The molecular formula is C11H8ClFO3. The minimum absolute atomic E-state index is 0.0655. The summed E-state index contributed by atoms with van der Waals surface area (Å²) in [4.78, 5) is 10.9. The molecule has 1 heterocycles. The summed E-state index contributed by atoms with van der Waals surface area (Å²) in [5, 5.41) is 9.36. The number of hydrogen-bond donors (Lipinski definition) is 1. The van der Waals surface area contributed by atoms with Gasteiger partial charge in [0.15, 0.2) is 11.6 Å². The number of aliphatic carboxylic acids is 1. The third-order valence-electron chi connectivity index (χ3n) is 3.30. The Morgan fingerprint density at radius 1 is 1.56 bits per heavy atom. The highest BCUT2D eigenvalue weighted by molar-refractivity contribution is 6.31. The van der Waals surface area contributed by atoms with Gasteiger partial charge in [0, 0.05) is 22.4 Å². The molecule has 1 saturated carbocycles. The highest BCUT2D eigenvalue weighted by atomic mass is 35.5. The van der Waals surface area contributed by atoms with Crippen molar-refractivity contribution in [3.63, 3.8) is 0 Å². The molecule has 1 aliphatic heterocycles. The van der Waals surface area contributed by atoms with Crippen LogP contribution in [0.4, 0.5) is 4.39 Å². The van der Waals surface area contributed by atoms with Gasteiger partial charge in [-0.3, -0.25) is 4.79 Å². The van der Waals surface area contributed by atoms with Crippen LogP contribution in [0.25, 0.3) is 0 Å². The summed E-state index contributed by atoms with van der Waals surface area (Å²) >= 11 is 5.97. The van der Waals surface area contributed by atoms with E-state index in [0.717, 1.165) is 0 Å². The van der Waals surface area contributed by atoms with E-state index in [0.29, 0.717) is 10.6 Å². The molecule has 1 aromatic carbocycles. The van der Waals surface area contributed by atoms with Crippen molar-refractivity contribution in [2.45, 2.75) is 5.92 Å². The molecule has 0 spiro atoms. The molecule has 0 saturated heterocycles. The van der Waals surface area contributed by atoms with Crippen LogP contribution in [-0.2, 0) is 4.79 Å². The monoisotopic (exact) mass is 242 g/mol. The van der Waals surface area contributed by atoms with Gasteiger partial charge in [-0.25, -0.2) is 4.39 Å². The molecule has 1 N–H and O–H groups in total.